The average Bonchev–Trinajstić information content (AvgIpc) is 2.95. The van der Waals surface area contributed by atoms with E-state index in [0.29, 0.717) is 24.1 Å². The highest BCUT2D eigenvalue weighted by Crippen LogP contribution is 2.34. The van der Waals surface area contributed by atoms with E-state index in [9.17, 15) is 18.8 Å². The Hall–Kier alpha value is -3.22. The predicted octanol–water partition coefficient (Wildman–Crippen LogP) is 4.02. The maximum atomic E-state index is 13.4. The molecule has 0 aliphatic carbocycles. The highest BCUT2D eigenvalue weighted by atomic mass is 19.1. The van der Waals surface area contributed by atoms with E-state index >= 15 is 0 Å². The molecule has 0 radical (unpaired) electrons. The monoisotopic (exact) mass is 411 g/mol. The molecule has 0 aromatic heterocycles. The van der Waals surface area contributed by atoms with Gasteiger partial charge in [-0.25, -0.2) is 9.18 Å². The highest BCUT2D eigenvalue weighted by molar-refractivity contribution is 6.10. The van der Waals surface area contributed by atoms with Crippen molar-refractivity contribution in [2.24, 2.45) is 0 Å². The van der Waals surface area contributed by atoms with Gasteiger partial charge in [-0.2, -0.15) is 0 Å². The number of nitrogens with one attached hydrogen (secondary N) is 2. The zero-order chi connectivity index (χ0) is 21.9. The van der Waals surface area contributed by atoms with Gasteiger partial charge in [0.25, 0.3) is 5.91 Å². The number of nitrogens with zero attached hydrogens (tertiary/aromatic N) is 1. The maximum absolute atomic E-state index is 13.4. The molecular weight excluding hydrogens is 385 g/mol. The molecule has 4 amide bonds. The Morgan fingerprint density at radius 3 is 2.50 bits per heavy atom. The molecule has 1 fully saturated rings. The first kappa shape index (κ1) is 21.5. The molecular formula is C23H26FN3O3. The molecule has 0 bridgehead atoms. The number of anilines is 1. The van der Waals surface area contributed by atoms with E-state index < -0.39 is 35.7 Å². The lowest BCUT2D eigenvalue weighted by Gasteiger charge is -2.27. The number of urea groups is 1. The molecule has 7 heteroatoms. The Balaban J connectivity index is 1.83. The highest BCUT2D eigenvalue weighted by Gasteiger charge is 2.52. The first-order valence-corrected chi connectivity index (χ1v) is 10.0. The van der Waals surface area contributed by atoms with Crippen LogP contribution in [-0.4, -0.2) is 29.3 Å². The number of unbranched alkanes of at least 4 members (excludes halogenated alkanes) is 1. The van der Waals surface area contributed by atoms with Crippen LogP contribution in [0.3, 0.4) is 0 Å². The normalized spacial score (nSPS) is 18.5. The third-order valence-electron chi connectivity index (χ3n) is 5.39. The van der Waals surface area contributed by atoms with Crippen LogP contribution in [0.2, 0.25) is 0 Å². The number of rotatable bonds is 7. The Labute approximate surface area is 175 Å². The second-order valence-corrected chi connectivity index (χ2v) is 7.70. The van der Waals surface area contributed by atoms with Crippen molar-refractivity contribution in [3.05, 3.63) is 65.0 Å². The van der Waals surface area contributed by atoms with Gasteiger partial charge in [0.2, 0.25) is 5.91 Å². The molecule has 3 rings (SSSR count). The standard InChI is InChI=1S/C23H26FN3O3/c1-4-5-12-23(17-8-10-18(24)11-9-17)21(29)27(22(30)26-23)14-20(28)25-19-13-15(2)6-7-16(19)3/h6-11,13H,4-5,12,14H2,1-3H3,(H,25,28)(H,26,30)/t23-/m0/s1. The molecule has 1 aliphatic rings. The number of carbonyl (C=O) groups excluding carboxylic acids is 3. The lowest BCUT2D eigenvalue weighted by molar-refractivity contribution is -0.134. The van der Waals surface area contributed by atoms with Crippen LogP contribution < -0.4 is 10.6 Å². The third kappa shape index (κ3) is 4.20. The van der Waals surface area contributed by atoms with Crippen molar-refractivity contribution in [2.75, 3.05) is 11.9 Å². The van der Waals surface area contributed by atoms with E-state index in [2.05, 4.69) is 10.6 Å². The fourth-order valence-corrected chi connectivity index (χ4v) is 3.66. The molecule has 0 spiro atoms. The van der Waals surface area contributed by atoms with Crippen molar-refractivity contribution >= 4 is 23.5 Å². The number of amides is 4. The van der Waals surface area contributed by atoms with Crippen LogP contribution in [0.15, 0.2) is 42.5 Å². The van der Waals surface area contributed by atoms with Crippen LogP contribution in [0.1, 0.15) is 42.9 Å². The largest absolute Gasteiger partial charge is 0.325 e. The minimum absolute atomic E-state index is 0.370. The Kier molecular flexibility index (Phi) is 6.20. The number of halogens is 1. The zero-order valence-corrected chi connectivity index (χ0v) is 17.4. The topological polar surface area (TPSA) is 78.5 Å². The second kappa shape index (κ2) is 8.65. The third-order valence-corrected chi connectivity index (χ3v) is 5.39. The van der Waals surface area contributed by atoms with Gasteiger partial charge in [-0.05, 0) is 55.2 Å². The van der Waals surface area contributed by atoms with Crippen LogP contribution in [0.5, 0.6) is 0 Å². The van der Waals surface area contributed by atoms with E-state index in [1.165, 1.54) is 24.3 Å². The molecule has 1 saturated heterocycles. The van der Waals surface area contributed by atoms with E-state index in [4.69, 9.17) is 0 Å². The van der Waals surface area contributed by atoms with Gasteiger partial charge in [0, 0.05) is 5.69 Å². The van der Waals surface area contributed by atoms with E-state index in [1.54, 1.807) is 0 Å². The molecule has 2 aromatic rings. The van der Waals surface area contributed by atoms with Crippen LogP contribution >= 0.6 is 0 Å². The van der Waals surface area contributed by atoms with Crippen LogP contribution in [0, 0.1) is 19.7 Å². The fraction of sp³-hybridized carbons (Fsp3) is 0.348. The van der Waals surface area contributed by atoms with Crippen molar-refractivity contribution in [2.45, 2.75) is 45.6 Å². The average molecular weight is 411 g/mol. The van der Waals surface area contributed by atoms with Crippen molar-refractivity contribution in [1.82, 2.24) is 10.2 Å². The van der Waals surface area contributed by atoms with Gasteiger partial charge in [-0.15, -0.1) is 0 Å². The van der Waals surface area contributed by atoms with Gasteiger partial charge in [-0.1, -0.05) is 44.0 Å². The van der Waals surface area contributed by atoms with Gasteiger partial charge in [0.05, 0.1) is 0 Å². The molecule has 1 heterocycles. The smallest absolute Gasteiger partial charge is 0.324 e. The van der Waals surface area contributed by atoms with E-state index in [-0.39, 0.29) is 0 Å². The number of hydrogen-bond acceptors (Lipinski definition) is 3. The summed E-state index contributed by atoms with van der Waals surface area (Å²) >= 11 is 0. The van der Waals surface area contributed by atoms with Gasteiger partial charge >= 0.3 is 6.03 Å². The number of imide groups is 1. The Morgan fingerprint density at radius 1 is 1.13 bits per heavy atom. The summed E-state index contributed by atoms with van der Waals surface area (Å²) in [6.07, 6.45) is 1.87. The minimum atomic E-state index is -1.29. The van der Waals surface area contributed by atoms with Crippen LogP contribution in [-0.2, 0) is 15.1 Å². The Bertz CT molecular complexity index is 974. The lowest BCUT2D eigenvalue weighted by Crippen LogP contribution is -2.44. The minimum Gasteiger partial charge on any atom is -0.324 e. The summed E-state index contributed by atoms with van der Waals surface area (Å²) in [5.74, 6) is -1.38. The summed E-state index contributed by atoms with van der Waals surface area (Å²) in [7, 11) is 0. The van der Waals surface area contributed by atoms with Crippen LogP contribution in [0.25, 0.3) is 0 Å². The molecule has 2 aromatic carbocycles. The summed E-state index contributed by atoms with van der Waals surface area (Å²) in [5.41, 5.74) is 1.73. The summed E-state index contributed by atoms with van der Waals surface area (Å²) < 4.78 is 13.4. The second-order valence-electron chi connectivity index (χ2n) is 7.70. The predicted molar refractivity (Wildman–Crippen MR) is 112 cm³/mol. The van der Waals surface area contributed by atoms with Crippen molar-refractivity contribution in [1.29, 1.82) is 0 Å². The number of benzene rings is 2. The molecule has 0 unspecified atom stereocenters. The molecule has 30 heavy (non-hydrogen) atoms. The van der Waals surface area contributed by atoms with Gasteiger partial charge in [-0.3, -0.25) is 14.5 Å². The summed E-state index contributed by atoms with van der Waals surface area (Å²) in [6, 6.07) is 10.6. The van der Waals surface area contributed by atoms with Crippen LogP contribution in [0.4, 0.5) is 14.9 Å². The molecule has 1 atom stereocenters. The number of carbonyl (C=O) groups is 3. The van der Waals surface area contributed by atoms with Gasteiger partial charge in [0.1, 0.15) is 17.9 Å². The SMILES string of the molecule is CCCC[C@@]1(c2ccc(F)cc2)NC(=O)N(CC(=O)Nc2cc(C)ccc2C)C1=O. The summed E-state index contributed by atoms with van der Waals surface area (Å²) in [5, 5.41) is 5.54. The quantitative estimate of drug-likeness (QED) is 0.676. The molecule has 0 saturated carbocycles. The number of aryl methyl sites for hydroxylation is 2. The first-order chi connectivity index (χ1) is 14.3. The summed E-state index contributed by atoms with van der Waals surface area (Å²) in [4.78, 5) is 39.5. The maximum Gasteiger partial charge on any atom is 0.325 e. The Morgan fingerprint density at radius 2 is 1.83 bits per heavy atom. The number of hydrogen-bond donors (Lipinski definition) is 2. The van der Waals surface area contributed by atoms with Crippen molar-refractivity contribution < 1.29 is 18.8 Å². The van der Waals surface area contributed by atoms with Crippen molar-refractivity contribution in [3.8, 4) is 0 Å². The van der Waals surface area contributed by atoms with Gasteiger partial charge < -0.3 is 10.6 Å². The molecule has 1 aliphatic heterocycles. The molecule has 158 valence electrons. The zero-order valence-electron chi connectivity index (χ0n) is 17.4. The van der Waals surface area contributed by atoms with Gasteiger partial charge in [0.15, 0.2) is 0 Å². The van der Waals surface area contributed by atoms with E-state index in [1.807, 2.05) is 39.0 Å². The first-order valence-electron chi connectivity index (χ1n) is 10.0. The molecule has 2 N–H and O–H groups in total. The molecule has 6 nitrogen and oxygen atoms in total. The fourth-order valence-electron chi connectivity index (χ4n) is 3.66. The lowest BCUT2D eigenvalue weighted by atomic mass is 9.85. The van der Waals surface area contributed by atoms with E-state index in [0.717, 1.165) is 22.4 Å². The van der Waals surface area contributed by atoms with Crippen molar-refractivity contribution in [3.63, 3.8) is 0 Å². The summed E-state index contributed by atoms with van der Waals surface area (Å²) in [6.45, 7) is 5.37.